The van der Waals surface area contributed by atoms with Gasteiger partial charge < -0.3 is 14.9 Å². The van der Waals surface area contributed by atoms with E-state index in [2.05, 4.69) is 0 Å². The van der Waals surface area contributed by atoms with E-state index in [4.69, 9.17) is 4.74 Å². The minimum Gasteiger partial charge on any atom is -0.508 e. The van der Waals surface area contributed by atoms with Crippen molar-refractivity contribution < 1.29 is 14.9 Å². The normalized spacial score (nSPS) is 10.7. The van der Waals surface area contributed by atoms with Crippen LogP contribution in [0.5, 0.6) is 17.2 Å². The molecule has 3 nitrogen and oxygen atoms in total. The number of hydrogen-bond acceptors (Lipinski definition) is 3. The molecule has 0 unspecified atom stereocenters. The lowest BCUT2D eigenvalue weighted by Crippen LogP contribution is -1.81. The summed E-state index contributed by atoms with van der Waals surface area (Å²) >= 11 is 0. The summed E-state index contributed by atoms with van der Waals surface area (Å²) in [6.45, 7) is 0. The van der Waals surface area contributed by atoms with Crippen LogP contribution in [-0.4, -0.2) is 17.3 Å². The van der Waals surface area contributed by atoms with Gasteiger partial charge in [0.05, 0.1) is 7.11 Å². The Bertz CT molecular complexity index is 536. The molecule has 0 aliphatic carbocycles. The summed E-state index contributed by atoms with van der Waals surface area (Å²) in [4.78, 5) is 0. The quantitative estimate of drug-likeness (QED) is 0.812. The van der Waals surface area contributed by atoms with Crippen molar-refractivity contribution in [3.8, 4) is 17.2 Å². The van der Waals surface area contributed by atoms with Crippen LogP contribution in [0.25, 0.3) is 12.2 Å². The molecule has 18 heavy (non-hydrogen) atoms. The molecule has 2 aromatic carbocycles. The number of methoxy groups -OCH3 is 1. The Labute approximate surface area is 106 Å². The first-order valence-corrected chi connectivity index (χ1v) is 5.52. The minimum atomic E-state index is 0.0457. The molecule has 0 radical (unpaired) electrons. The number of ether oxygens (including phenoxy) is 1. The van der Waals surface area contributed by atoms with Gasteiger partial charge in [0, 0.05) is 6.07 Å². The number of hydrogen-bond donors (Lipinski definition) is 2. The highest BCUT2D eigenvalue weighted by atomic mass is 16.5. The van der Waals surface area contributed by atoms with E-state index in [1.165, 1.54) is 6.07 Å². The van der Waals surface area contributed by atoms with Crippen LogP contribution in [-0.2, 0) is 0 Å². The zero-order chi connectivity index (χ0) is 13.0. The molecule has 0 aromatic heterocycles. The fourth-order valence-electron chi connectivity index (χ4n) is 1.62. The SMILES string of the molecule is COc1ccc(/C=C\c2cc(O)cc(O)c2)cc1. The second-order valence-electron chi connectivity index (χ2n) is 3.89. The van der Waals surface area contributed by atoms with E-state index >= 15 is 0 Å². The summed E-state index contributed by atoms with van der Waals surface area (Å²) in [7, 11) is 1.63. The molecular formula is C15H14O3. The molecule has 3 heteroatoms. The first-order valence-electron chi connectivity index (χ1n) is 5.52. The fourth-order valence-corrected chi connectivity index (χ4v) is 1.62. The van der Waals surface area contributed by atoms with Crippen LogP contribution < -0.4 is 4.74 Å². The number of phenolic OH excluding ortho intramolecular Hbond substituents is 2. The van der Waals surface area contributed by atoms with Crippen molar-refractivity contribution in [3.63, 3.8) is 0 Å². The highest BCUT2D eigenvalue weighted by molar-refractivity contribution is 5.71. The molecule has 0 saturated carbocycles. The molecule has 2 aromatic rings. The van der Waals surface area contributed by atoms with Crippen LogP contribution in [0.15, 0.2) is 42.5 Å². The predicted molar refractivity (Wildman–Crippen MR) is 71.7 cm³/mol. The van der Waals surface area contributed by atoms with Gasteiger partial charge in [0.2, 0.25) is 0 Å². The summed E-state index contributed by atoms with van der Waals surface area (Å²) in [6, 6.07) is 12.1. The topological polar surface area (TPSA) is 49.7 Å². The first-order chi connectivity index (χ1) is 8.67. The Morgan fingerprint density at radius 1 is 0.833 bits per heavy atom. The van der Waals surface area contributed by atoms with Crippen LogP contribution >= 0.6 is 0 Å². The van der Waals surface area contributed by atoms with Crippen molar-refractivity contribution in [2.24, 2.45) is 0 Å². The number of rotatable bonds is 3. The predicted octanol–water partition coefficient (Wildman–Crippen LogP) is 3.28. The molecule has 0 heterocycles. The van der Waals surface area contributed by atoms with Crippen LogP contribution in [0.1, 0.15) is 11.1 Å². The molecule has 0 aliphatic rings. The van der Waals surface area contributed by atoms with Gasteiger partial charge in [-0.2, -0.15) is 0 Å². The standard InChI is InChI=1S/C15H14O3/c1-18-15-6-4-11(5-7-15)2-3-12-8-13(16)10-14(17)9-12/h2-10,16-17H,1H3/b3-2-. The van der Waals surface area contributed by atoms with Gasteiger partial charge in [-0.3, -0.25) is 0 Å². The Morgan fingerprint density at radius 2 is 1.39 bits per heavy atom. The summed E-state index contributed by atoms with van der Waals surface area (Å²) in [5, 5.41) is 18.7. The Morgan fingerprint density at radius 3 is 1.94 bits per heavy atom. The summed E-state index contributed by atoms with van der Waals surface area (Å²) in [6.07, 6.45) is 3.72. The van der Waals surface area contributed by atoms with Gasteiger partial charge in [0.1, 0.15) is 17.2 Å². The number of phenols is 2. The van der Waals surface area contributed by atoms with Crippen LogP contribution in [0.2, 0.25) is 0 Å². The van der Waals surface area contributed by atoms with E-state index in [1.54, 1.807) is 19.2 Å². The summed E-state index contributed by atoms with van der Waals surface area (Å²) < 4.78 is 5.07. The minimum absolute atomic E-state index is 0.0457. The molecule has 0 atom stereocenters. The molecule has 92 valence electrons. The fraction of sp³-hybridized carbons (Fsp3) is 0.0667. The van der Waals surface area contributed by atoms with Crippen molar-refractivity contribution in [2.45, 2.75) is 0 Å². The van der Waals surface area contributed by atoms with Gasteiger partial charge in [-0.15, -0.1) is 0 Å². The van der Waals surface area contributed by atoms with E-state index in [1.807, 2.05) is 36.4 Å². The Kier molecular flexibility index (Phi) is 3.53. The number of aromatic hydroxyl groups is 2. The largest absolute Gasteiger partial charge is 0.508 e. The van der Waals surface area contributed by atoms with Gasteiger partial charge in [-0.25, -0.2) is 0 Å². The lowest BCUT2D eigenvalue weighted by Gasteiger charge is -2.00. The van der Waals surface area contributed by atoms with Gasteiger partial charge in [0.15, 0.2) is 0 Å². The third-order valence-electron chi connectivity index (χ3n) is 2.51. The molecule has 0 bridgehead atoms. The van der Waals surface area contributed by atoms with Crippen molar-refractivity contribution in [3.05, 3.63) is 53.6 Å². The molecule has 2 N–H and O–H groups in total. The van der Waals surface area contributed by atoms with E-state index in [-0.39, 0.29) is 11.5 Å². The molecule has 2 rings (SSSR count). The van der Waals surface area contributed by atoms with Crippen LogP contribution in [0.3, 0.4) is 0 Å². The molecular weight excluding hydrogens is 228 g/mol. The van der Waals surface area contributed by atoms with Gasteiger partial charge in [-0.05, 0) is 35.4 Å². The van der Waals surface area contributed by atoms with Crippen LogP contribution in [0.4, 0.5) is 0 Å². The molecule has 0 amide bonds. The van der Waals surface area contributed by atoms with Crippen molar-refractivity contribution in [1.82, 2.24) is 0 Å². The highest BCUT2D eigenvalue weighted by Crippen LogP contribution is 2.22. The molecule has 0 spiro atoms. The lowest BCUT2D eigenvalue weighted by molar-refractivity contribution is 0.415. The maximum absolute atomic E-state index is 9.35. The number of benzene rings is 2. The maximum atomic E-state index is 9.35. The average molecular weight is 242 g/mol. The third-order valence-corrected chi connectivity index (χ3v) is 2.51. The Balaban J connectivity index is 2.18. The summed E-state index contributed by atoms with van der Waals surface area (Å²) in [5.74, 6) is 0.899. The maximum Gasteiger partial charge on any atom is 0.119 e. The van der Waals surface area contributed by atoms with E-state index in [0.29, 0.717) is 0 Å². The highest BCUT2D eigenvalue weighted by Gasteiger charge is 1.96. The summed E-state index contributed by atoms with van der Waals surface area (Å²) in [5.41, 5.74) is 1.75. The molecule has 0 saturated heterocycles. The monoisotopic (exact) mass is 242 g/mol. The molecule has 0 aliphatic heterocycles. The van der Waals surface area contributed by atoms with Gasteiger partial charge in [0.25, 0.3) is 0 Å². The van der Waals surface area contributed by atoms with E-state index < -0.39 is 0 Å². The third kappa shape index (κ3) is 3.04. The average Bonchev–Trinajstić information content (AvgIpc) is 2.36. The first kappa shape index (κ1) is 12.0. The zero-order valence-electron chi connectivity index (χ0n) is 10.00. The zero-order valence-corrected chi connectivity index (χ0v) is 10.00. The van der Waals surface area contributed by atoms with Crippen LogP contribution in [0, 0.1) is 0 Å². The van der Waals surface area contributed by atoms with Crippen molar-refractivity contribution >= 4 is 12.2 Å². The van der Waals surface area contributed by atoms with E-state index in [0.717, 1.165) is 16.9 Å². The lowest BCUT2D eigenvalue weighted by atomic mass is 10.1. The second-order valence-corrected chi connectivity index (χ2v) is 3.89. The van der Waals surface area contributed by atoms with Crippen molar-refractivity contribution in [1.29, 1.82) is 0 Å². The van der Waals surface area contributed by atoms with Crippen molar-refractivity contribution in [2.75, 3.05) is 7.11 Å². The second kappa shape index (κ2) is 5.27. The smallest absolute Gasteiger partial charge is 0.119 e. The van der Waals surface area contributed by atoms with E-state index in [9.17, 15) is 10.2 Å². The molecule has 0 fully saturated rings. The Hall–Kier alpha value is -2.42. The van der Waals surface area contributed by atoms with Gasteiger partial charge in [-0.1, -0.05) is 24.3 Å². The van der Waals surface area contributed by atoms with Gasteiger partial charge >= 0.3 is 0 Å².